The number of nitrogens with zero attached hydrogens (tertiary/aromatic N) is 2. The van der Waals surface area contributed by atoms with Gasteiger partial charge in [0.05, 0.1) is 0 Å². The second-order valence-electron chi connectivity index (χ2n) is 1.88. The Morgan fingerprint density at radius 2 is 2.22 bits per heavy atom. The van der Waals surface area contributed by atoms with Gasteiger partial charge in [0, 0.05) is 5.59 Å². The lowest BCUT2D eigenvalue weighted by atomic mass is 10.1. The number of hydrogen-bond donors (Lipinski definition) is 0. The van der Waals surface area contributed by atoms with Crippen molar-refractivity contribution in [1.29, 1.82) is 0 Å². The van der Waals surface area contributed by atoms with Gasteiger partial charge in [0.1, 0.15) is 11.0 Å². The van der Waals surface area contributed by atoms with Gasteiger partial charge < -0.3 is 0 Å². The molecule has 0 unspecified atom stereocenters. The molecule has 2 nitrogen and oxygen atoms in total. The van der Waals surface area contributed by atoms with Crippen molar-refractivity contribution in [3.05, 3.63) is 17.0 Å². The molecule has 0 aromatic carbocycles. The molecule has 0 atom stereocenters. The molecule has 1 aromatic rings. The largest absolute Gasteiger partial charge is 0.249 e. The molecule has 4 heteroatoms. The predicted octanol–water partition coefficient (Wildman–Crippen LogP) is -0.303. The van der Waals surface area contributed by atoms with E-state index in [0.717, 1.165) is 11.4 Å². The van der Waals surface area contributed by atoms with Gasteiger partial charge in [0.15, 0.2) is 7.85 Å². The van der Waals surface area contributed by atoms with Crippen LogP contribution in [0.4, 0.5) is 0 Å². The highest BCUT2D eigenvalue weighted by molar-refractivity contribution is 6.34. The minimum absolute atomic E-state index is 0.514. The van der Waals surface area contributed by atoms with E-state index in [1.54, 1.807) is 6.07 Å². The molecule has 1 rings (SSSR count). The lowest BCUT2D eigenvalue weighted by molar-refractivity contribution is 1.08. The summed E-state index contributed by atoms with van der Waals surface area (Å²) >= 11 is 5.60. The number of aryl methyl sites for hydroxylation is 1. The lowest BCUT2D eigenvalue weighted by Gasteiger charge is -1.93. The minimum atomic E-state index is 0.514. The number of hydrogen-bond acceptors (Lipinski definition) is 2. The molecule has 0 fully saturated rings. The molecule has 0 aliphatic carbocycles. The third kappa shape index (κ3) is 1.68. The molecule has 0 amide bonds. The van der Waals surface area contributed by atoms with Crippen molar-refractivity contribution in [3.63, 3.8) is 0 Å². The Morgan fingerprint density at radius 1 is 1.56 bits per heavy atom. The van der Waals surface area contributed by atoms with Crippen LogP contribution in [0.2, 0.25) is 5.15 Å². The Hall–Kier alpha value is -0.565. The van der Waals surface area contributed by atoms with Crippen molar-refractivity contribution in [2.75, 3.05) is 0 Å². The fourth-order valence-electron chi connectivity index (χ4n) is 0.672. The van der Waals surface area contributed by atoms with Crippen LogP contribution in [0.15, 0.2) is 6.07 Å². The Balaban J connectivity index is 3.17. The smallest absolute Gasteiger partial charge is 0.164 e. The van der Waals surface area contributed by atoms with Gasteiger partial charge in [0.25, 0.3) is 0 Å². The third-order valence-electron chi connectivity index (χ3n) is 0.935. The van der Waals surface area contributed by atoms with Gasteiger partial charge in [-0.3, -0.25) is 0 Å². The SMILES string of the molecule is Bc1cc(Cl)nc(C)n1. The molecule has 0 aliphatic rings. The summed E-state index contributed by atoms with van der Waals surface area (Å²) in [7, 11) is 1.89. The molecular formula is C5H6BClN2. The zero-order valence-electron chi connectivity index (χ0n) is 5.35. The van der Waals surface area contributed by atoms with Crippen LogP contribution in [0, 0.1) is 6.92 Å². The summed E-state index contributed by atoms with van der Waals surface area (Å²) in [6.45, 7) is 1.82. The van der Waals surface area contributed by atoms with Crippen molar-refractivity contribution < 1.29 is 0 Å². The molecule has 0 radical (unpaired) electrons. The Bertz CT molecular complexity index is 176. The summed E-state index contributed by atoms with van der Waals surface area (Å²) < 4.78 is 0. The zero-order valence-corrected chi connectivity index (χ0v) is 6.11. The highest BCUT2D eigenvalue weighted by Gasteiger charge is 1.92. The Labute approximate surface area is 59.7 Å². The van der Waals surface area contributed by atoms with Crippen LogP contribution in [0.25, 0.3) is 0 Å². The van der Waals surface area contributed by atoms with Gasteiger partial charge >= 0.3 is 0 Å². The normalized spacial score (nSPS) is 9.56. The molecule has 1 heterocycles. The van der Waals surface area contributed by atoms with Gasteiger partial charge in [-0.15, -0.1) is 0 Å². The maximum atomic E-state index is 5.60. The van der Waals surface area contributed by atoms with E-state index in [-0.39, 0.29) is 0 Å². The number of halogens is 1. The summed E-state index contributed by atoms with van der Waals surface area (Å²) in [5.74, 6) is 0.722. The first-order valence-corrected chi connectivity index (χ1v) is 3.04. The minimum Gasteiger partial charge on any atom is -0.249 e. The van der Waals surface area contributed by atoms with Crippen LogP contribution in [-0.4, -0.2) is 17.8 Å². The molecule has 0 spiro atoms. The first-order valence-electron chi connectivity index (χ1n) is 2.66. The highest BCUT2D eigenvalue weighted by atomic mass is 35.5. The quantitative estimate of drug-likeness (QED) is 0.365. The van der Waals surface area contributed by atoms with Crippen molar-refractivity contribution >= 4 is 25.0 Å². The zero-order chi connectivity index (χ0) is 6.85. The second kappa shape index (κ2) is 2.35. The van der Waals surface area contributed by atoms with Crippen molar-refractivity contribution in [2.45, 2.75) is 6.92 Å². The average molecular weight is 140 g/mol. The van der Waals surface area contributed by atoms with Gasteiger partial charge in [-0.2, -0.15) is 0 Å². The van der Waals surface area contributed by atoms with E-state index in [0.29, 0.717) is 5.15 Å². The molecular weight excluding hydrogens is 134 g/mol. The van der Waals surface area contributed by atoms with E-state index >= 15 is 0 Å². The van der Waals surface area contributed by atoms with E-state index in [1.165, 1.54) is 0 Å². The monoisotopic (exact) mass is 140 g/mol. The second-order valence-corrected chi connectivity index (χ2v) is 2.27. The summed E-state index contributed by atoms with van der Waals surface area (Å²) in [5.41, 5.74) is 0.910. The topological polar surface area (TPSA) is 25.8 Å². The van der Waals surface area contributed by atoms with Gasteiger partial charge in [-0.25, -0.2) is 9.97 Å². The molecule has 0 saturated heterocycles. The van der Waals surface area contributed by atoms with Crippen LogP contribution in [0.5, 0.6) is 0 Å². The predicted molar refractivity (Wildman–Crippen MR) is 40.0 cm³/mol. The van der Waals surface area contributed by atoms with E-state index in [1.807, 2.05) is 14.8 Å². The van der Waals surface area contributed by atoms with E-state index in [2.05, 4.69) is 9.97 Å². The standard InChI is InChI=1S/C5H6BClN2/c1-3-8-4(6)2-5(7)9-3/h2H,6H2,1H3. The number of aromatic nitrogens is 2. The molecule has 0 bridgehead atoms. The van der Waals surface area contributed by atoms with Crippen LogP contribution in [0.3, 0.4) is 0 Å². The van der Waals surface area contributed by atoms with Crippen LogP contribution in [0.1, 0.15) is 5.82 Å². The lowest BCUT2D eigenvalue weighted by Crippen LogP contribution is -2.10. The maximum absolute atomic E-state index is 5.60. The van der Waals surface area contributed by atoms with Crippen LogP contribution < -0.4 is 5.59 Å². The van der Waals surface area contributed by atoms with Crippen LogP contribution in [-0.2, 0) is 0 Å². The van der Waals surface area contributed by atoms with Gasteiger partial charge in [-0.1, -0.05) is 11.6 Å². The van der Waals surface area contributed by atoms with E-state index in [9.17, 15) is 0 Å². The van der Waals surface area contributed by atoms with Gasteiger partial charge in [0.2, 0.25) is 0 Å². The Morgan fingerprint density at radius 3 is 2.67 bits per heavy atom. The molecule has 1 aromatic heterocycles. The molecule has 0 saturated carbocycles. The summed E-state index contributed by atoms with van der Waals surface area (Å²) in [4.78, 5) is 7.93. The summed E-state index contributed by atoms with van der Waals surface area (Å²) in [6.07, 6.45) is 0. The fraction of sp³-hybridized carbons (Fsp3) is 0.200. The third-order valence-corrected chi connectivity index (χ3v) is 1.13. The molecule has 46 valence electrons. The van der Waals surface area contributed by atoms with E-state index in [4.69, 9.17) is 11.6 Å². The summed E-state index contributed by atoms with van der Waals surface area (Å²) in [6, 6.07) is 1.73. The first-order chi connectivity index (χ1) is 4.18. The highest BCUT2D eigenvalue weighted by Crippen LogP contribution is 1.98. The first kappa shape index (κ1) is 6.55. The van der Waals surface area contributed by atoms with Gasteiger partial charge in [-0.05, 0) is 13.0 Å². The van der Waals surface area contributed by atoms with E-state index < -0.39 is 0 Å². The molecule has 0 N–H and O–H groups in total. The maximum Gasteiger partial charge on any atom is 0.164 e. The summed E-state index contributed by atoms with van der Waals surface area (Å²) in [5, 5.41) is 0.514. The van der Waals surface area contributed by atoms with Crippen molar-refractivity contribution in [3.8, 4) is 0 Å². The Kier molecular flexibility index (Phi) is 1.71. The fourth-order valence-corrected chi connectivity index (χ4v) is 0.952. The molecule has 9 heavy (non-hydrogen) atoms. The van der Waals surface area contributed by atoms with Crippen molar-refractivity contribution in [2.24, 2.45) is 0 Å². The molecule has 0 aliphatic heterocycles. The average Bonchev–Trinajstić information content (AvgIpc) is 1.59. The van der Waals surface area contributed by atoms with Crippen molar-refractivity contribution in [1.82, 2.24) is 9.97 Å². The van der Waals surface area contributed by atoms with Crippen LogP contribution >= 0.6 is 11.6 Å². The number of rotatable bonds is 0.